The zero-order valence-corrected chi connectivity index (χ0v) is 13.0. The van der Waals surface area contributed by atoms with Crippen LogP contribution in [0.15, 0.2) is 12.1 Å². The summed E-state index contributed by atoms with van der Waals surface area (Å²) in [6, 6.07) is 3.14. The number of hydrogen-bond donors (Lipinski definition) is 4. The molecule has 1 aliphatic rings. The van der Waals surface area contributed by atoms with E-state index >= 15 is 0 Å². The Hall–Kier alpha value is -1.44. The number of halogens is 1. The molecule has 0 amide bonds. The molecule has 5 N–H and O–H groups in total. The highest BCUT2D eigenvalue weighted by Crippen LogP contribution is 2.42. The third kappa shape index (κ3) is 4.31. The molecule has 23 heavy (non-hydrogen) atoms. The predicted octanol–water partition coefficient (Wildman–Crippen LogP) is 1.31. The molecule has 0 aromatic heterocycles. The zero-order valence-electron chi connectivity index (χ0n) is 13.0. The van der Waals surface area contributed by atoms with Crippen molar-refractivity contribution in [1.82, 2.24) is 0 Å². The fraction of sp³-hybridized carbons (Fsp3) is 0.562. The molecule has 1 aromatic carbocycles. The van der Waals surface area contributed by atoms with E-state index in [2.05, 4.69) is 0 Å². The van der Waals surface area contributed by atoms with Crippen molar-refractivity contribution >= 4 is 13.1 Å². The highest BCUT2D eigenvalue weighted by Gasteiger charge is 2.38. The third-order valence-electron chi connectivity index (χ3n) is 4.55. The molecule has 0 unspecified atom stereocenters. The molecule has 126 valence electrons. The van der Waals surface area contributed by atoms with Crippen LogP contribution in [0.2, 0.25) is 6.32 Å². The molecule has 2 atom stereocenters. The van der Waals surface area contributed by atoms with E-state index in [4.69, 9.17) is 15.8 Å². The number of fused-ring (bicyclic) bond motifs is 1. The second kappa shape index (κ2) is 7.90. The van der Waals surface area contributed by atoms with Gasteiger partial charge in [0.15, 0.2) is 0 Å². The van der Waals surface area contributed by atoms with Crippen LogP contribution in [0.5, 0.6) is 0 Å². The molecule has 2 rings (SSSR count). The maximum Gasteiger partial charge on any atom is 0.451 e. The summed E-state index contributed by atoms with van der Waals surface area (Å²) >= 11 is 0. The number of carboxylic acids is 1. The molecule has 1 aromatic rings. The molecular formula is C16H23BFNO4. The lowest BCUT2D eigenvalue weighted by atomic mass is 9.80. The SMILES string of the molecule is NCCCc1cc2c(cc1F)C[C@H](CCCB(O)O)[C@@H]2C(=O)O. The number of aryl methyl sites for hydroxylation is 1. The van der Waals surface area contributed by atoms with Crippen LogP contribution in [0.1, 0.15) is 41.9 Å². The van der Waals surface area contributed by atoms with Crippen LogP contribution in [0.25, 0.3) is 0 Å². The first-order valence-corrected chi connectivity index (χ1v) is 8.04. The Morgan fingerprint density at radius 1 is 1.35 bits per heavy atom. The summed E-state index contributed by atoms with van der Waals surface area (Å²) in [6.45, 7) is 0.463. The van der Waals surface area contributed by atoms with E-state index in [0.29, 0.717) is 49.8 Å². The van der Waals surface area contributed by atoms with Crippen molar-refractivity contribution in [3.8, 4) is 0 Å². The summed E-state index contributed by atoms with van der Waals surface area (Å²) in [4.78, 5) is 11.7. The van der Waals surface area contributed by atoms with Gasteiger partial charge in [-0.05, 0) is 67.2 Å². The van der Waals surface area contributed by atoms with Crippen molar-refractivity contribution in [3.63, 3.8) is 0 Å². The summed E-state index contributed by atoms with van der Waals surface area (Å²) in [7, 11) is -1.37. The molecular weight excluding hydrogens is 300 g/mol. The van der Waals surface area contributed by atoms with Crippen molar-refractivity contribution in [2.45, 2.75) is 44.3 Å². The van der Waals surface area contributed by atoms with Gasteiger partial charge in [-0.1, -0.05) is 12.5 Å². The number of benzene rings is 1. The van der Waals surface area contributed by atoms with E-state index in [1.54, 1.807) is 6.07 Å². The normalized spacial score (nSPS) is 19.7. The zero-order chi connectivity index (χ0) is 17.0. The Labute approximate surface area is 135 Å². The van der Waals surface area contributed by atoms with Crippen LogP contribution < -0.4 is 5.73 Å². The lowest BCUT2D eigenvalue weighted by Crippen LogP contribution is -2.18. The molecule has 0 spiro atoms. The first kappa shape index (κ1) is 17.9. The van der Waals surface area contributed by atoms with E-state index in [1.165, 1.54) is 6.07 Å². The Morgan fingerprint density at radius 3 is 2.70 bits per heavy atom. The number of carboxylic acid groups (broad SMARTS) is 1. The molecule has 0 aliphatic heterocycles. The number of carbonyl (C=O) groups is 1. The van der Waals surface area contributed by atoms with Gasteiger partial charge in [0.1, 0.15) is 5.82 Å². The van der Waals surface area contributed by atoms with Crippen molar-refractivity contribution < 1.29 is 24.3 Å². The predicted molar refractivity (Wildman–Crippen MR) is 85.6 cm³/mol. The molecule has 5 nitrogen and oxygen atoms in total. The molecule has 0 saturated carbocycles. The Balaban J connectivity index is 2.19. The third-order valence-corrected chi connectivity index (χ3v) is 4.55. The maximum absolute atomic E-state index is 14.1. The number of aliphatic carboxylic acids is 1. The monoisotopic (exact) mass is 323 g/mol. The quantitative estimate of drug-likeness (QED) is 0.540. The second-order valence-corrected chi connectivity index (χ2v) is 6.23. The van der Waals surface area contributed by atoms with Crippen LogP contribution in [0.3, 0.4) is 0 Å². The first-order chi connectivity index (χ1) is 10.9. The highest BCUT2D eigenvalue weighted by molar-refractivity contribution is 6.40. The largest absolute Gasteiger partial charge is 0.481 e. The Bertz CT molecular complexity index is 567. The number of nitrogens with two attached hydrogens (primary N) is 1. The molecule has 0 saturated heterocycles. The number of hydrogen-bond acceptors (Lipinski definition) is 4. The lowest BCUT2D eigenvalue weighted by Gasteiger charge is -2.16. The minimum absolute atomic E-state index is 0.134. The van der Waals surface area contributed by atoms with Gasteiger partial charge in [0, 0.05) is 0 Å². The fourth-order valence-corrected chi connectivity index (χ4v) is 3.45. The van der Waals surface area contributed by atoms with E-state index in [9.17, 15) is 14.3 Å². The van der Waals surface area contributed by atoms with Crippen molar-refractivity contribution in [1.29, 1.82) is 0 Å². The lowest BCUT2D eigenvalue weighted by molar-refractivity contribution is -0.139. The van der Waals surface area contributed by atoms with Crippen molar-refractivity contribution in [2.75, 3.05) is 6.54 Å². The van der Waals surface area contributed by atoms with Crippen LogP contribution in [0.4, 0.5) is 4.39 Å². The van der Waals surface area contributed by atoms with E-state index in [0.717, 1.165) is 5.56 Å². The minimum atomic E-state index is -1.37. The van der Waals surface area contributed by atoms with Gasteiger partial charge in [0.2, 0.25) is 0 Å². The van der Waals surface area contributed by atoms with Gasteiger partial charge in [-0.2, -0.15) is 0 Å². The summed E-state index contributed by atoms with van der Waals surface area (Å²) in [6.07, 6.45) is 3.00. The van der Waals surface area contributed by atoms with Crippen LogP contribution in [-0.2, 0) is 17.6 Å². The van der Waals surface area contributed by atoms with Gasteiger partial charge in [-0.3, -0.25) is 4.79 Å². The maximum atomic E-state index is 14.1. The van der Waals surface area contributed by atoms with Gasteiger partial charge in [0.05, 0.1) is 5.92 Å². The smallest absolute Gasteiger partial charge is 0.451 e. The Kier molecular flexibility index (Phi) is 6.15. The fourth-order valence-electron chi connectivity index (χ4n) is 3.45. The van der Waals surface area contributed by atoms with Gasteiger partial charge >= 0.3 is 13.1 Å². The van der Waals surface area contributed by atoms with E-state index < -0.39 is 19.0 Å². The van der Waals surface area contributed by atoms with Gasteiger partial charge < -0.3 is 20.9 Å². The van der Waals surface area contributed by atoms with Gasteiger partial charge in [-0.15, -0.1) is 0 Å². The first-order valence-electron chi connectivity index (χ1n) is 8.04. The van der Waals surface area contributed by atoms with Crippen LogP contribution in [-0.4, -0.2) is 34.8 Å². The highest BCUT2D eigenvalue weighted by atomic mass is 19.1. The summed E-state index contributed by atoms with van der Waals surface area (Å²) in [5, 5.41) is 27.4. The molecule has 0 heterocycles. The van der Waals surface area contributed by atoms with Crippen molar-refractivity contribution in [3.05, 3.63) is 34.6 Å². The molecule has 0 fully saturated rings. The Morgan fingerprint density at radius 2 is 2.09 bits per heavy atom. The molecule has 1 aliphatic carbocycles. The van der Waals surface area contributed by atoms with Gasteiger partial charge in [-0.25, -0.2) is 4.39 Å². The van der Waals surface area contributed by atoms with E-state index in [-0.39, 0.29) is 18.1 Å². The number of rotatable bonds is 8. The molecule has 0 bridgehead atoms. The van der Waals surface area contributed by atoms with Crippen molar-refractivity contribution in [2.24, 2.45) is 11.7 Å². The summed E-state index contributed by atoms with van der Waals surface area (Å²) in [5.41, 5.74) is 7.42. The summed E-state index contributed by atoms with van der Waals surface area (Å²) in [5.74, 6) is -1.99. The van der Waals surface area contributed by atoms with E-state index in [1.807, 2.05) is 0 Å². The average Bonchev–Trinajstić information content (AvgIpc) is 2.81. The minimum Gasteiger partial charge on any atom is -0.481 e. The summed E-state index contributed by atoms with van der Waals surface area (Å²) < 4.78 is 14.1. The second-order valence-electron chi connectivity index (χ2n) is 6.23. The molecule has 0 radical (unpaired) electrons. The van der Waals surface area contributed by atoms with Crippen LogP contribution in [0, 0.1) is 11.7 Å². The molecule has 7 heteroatoms. The standard InChI is InChI=1S/C16H23BFNO4/c18-14-9-12-7-11(3-1-5-17(22)23)15(16(20)21)13(12)8-10(14)4-2-6-19/h8-9,11,15,22-23H,1-7,19H2,(H,20,21)/t11-,15-/m0/s1. The average molecular weight is 323 g/mol. The van der Waals surface area contributed by atoms with Gasteiger partial charge in [0.25, 0.3) is 0 Å². The van der Waals surface area contributed by atoms with Crippen LogP contribution >= 0.6 is 0 Å². The topological polar surface area (TPSA) is 104 Å².